The predicted octanol–water partition coefficient (Wildman–Crippen LogP) is 1.44. The van der Waals surface area contributed by atoms with Gasteiger partial charge in [0.1, 0.15) is 0 Å². The summed E-state index contributed by atoms with van der Waals surface area (Å²) in [4.78, 5) is 23.8. The third-order valence-electron chi connectivity index (χ3n) is 4.46. The van der Waals surface area contributed by atoms with Gasteiger partial charge in [-0.15, -0.1) is 0 Å². The standard InChI is InChI=1S/C17H24N4O/c1-3-19-10-12-20(13-11-19)17-18-8-9-21(17)16(22)15-6-4-14(2)5-7-15/h4-7H,3,8-13H2,1-2H3. The van der Waals surface area contributed by atoms with Crippen molar-refractivity contribution in [2.75, 3.05) is 45.8 Å². The lowest BCUT2D eigenvalue weighted by Crippen LogP contribution is -2.53. The highest BCUT2D eigenvalue weighted by atomic mass is 16.2. The van der Waals surface area contributed by atoms with E-state index in [4.69, 9.17) is 0 Å². The number of aliphatic imine (C=N–C) groups is 1. The Morgan fingerprint density at radius 2 is 1.77 bits per heavy atom. The first-order valence-corrected chi connectivity index (χ1v) is 8.09. The molecule has 1 aromatic rings. The number of carbonyl (C=O) groups is 1. The van der Waals surface area contributed by atoms with E-state index < -0.39 is 0 Å². The minimum absolute atomic E-state index is 0.0640. The first kappa shape index (κ1) is 15.0. The van der Waals surface area contributed by atoms with Gasteiger partial charge in [-0.3, -0.25) is 14.7 Å². The van der Waals surface area contributed by atoms with E-state index in [0.717, 1.165) is 44.2 Å². The normalized spacial score (nSPS) is 19.5. The molecule has 3 rings (SSSR count). The Bertz CT molecular complexity index is 559. The number of piperazine rings is 1. The molecule has 2 aliphatic heterocycles. The molecule has 2 aliphatic rings. The molecule has 1 amide bonds. The van der Waals surface area contributed by atoms with Crippen LogP contribution in [-0.2, 0) is 0 Å². The van der Waals surface area contributed by atoms with Crippen LogP contribution in [0.15, 0.2) is 29.3 Å². The fourth-order valence-electron chi connectivity index (χ4n) is 3.01. The fraction of sp³-hybridized carbons (Fsp3) is 0.529. The van der Waals surface area contributed by atoms with E-state index in [1.807, 2.05) is 36.1 Å². The van der Waals surface area contributed by atoms with Crippen LogP contribution >= 0.6 is 0 Å². The van der Waals surface area contributed by atoms with E-state index >= 15 is 0 Å². The molecule has 0 aliphatic carbocycles. The maximum atomic E-state index is 12.7. The van der Waals surface area contributed by atoms with Gasteiger partial charge in [-0.2, -0.15) is 0 Å². The molecule has 22 heavy (non-hydrogen) atoms. The minimum Gasteiger partial charge on any atom is -0.340 e. The van der Waals surface area contributed by atoms with Gasteiger partial charge in [-0.1, -0.05) is 24.6 Å². The molecule has 5 heteroatoms. The van der Waals surface area contributed by atoms with Crippen LogP contribution in [0.5, 0.6) is 0 Å². The average molecular weight is 300 g/mol. The molecule has 0 aromatic heterocycles. The highest BCUT2D eigenvalue weighted by molar-refractivity contribution is 6.06. The van der Waals surface area contributed by atoms with Crippen LogP contribution < -0.4 is 0 Å². The number of aryl methyl sites for hydroxylation is 1. The molecule has 0 saturated carbocycles. The van der Waals surface area contributed by atoms with Gasteiger partial charge in [0.2, 0.25) is 5.96 Å². The summed E-state index contributed by atoms with van der Waals surface area (Å²) in [5, 5.41) is 0. The van der Waals surface area contributed by atoms with Gasteiger partial charge in [0.25, 0.3) is 5.91 Å². The molecule has 2 heterocycles. The molecule has 1 saturated heterocycles. The summed E-state index contributed by atoms with van der Waals surface area (Å²) in [6.07, 6.45) is 0. The highest BCUT2D eigenvalue weighted by Gasteiger charge is 2.30. The summed E-state index contributed by atoms with van der Waals surface area (Å²) < 4.78 is 0. The minimum atomic E-state index is 0.0640. The van der Waals surface area contributed by atoms with Crippen LogP contribution in [0.25, 0.3) is 0 Å². The Morgan fingerprint density at radius 1 is 1.09 bits per heavy atom. The molecular formula is C17H24N4O. The van der Waals surface area contributed by atoms with Gasteiger partial charge in [0, 0.05) is 38.3 Å². The maximum absolute atomic E-state index is 12.7. The van der Waals surface area contributed by atoms with Gasteiger partial charge in [0.15, 0.2) is 0 Å². The Balaban J connectivity index is 1.70. The average Bonchev–Trinajstić information content (AvgIpc) is 3.04. The number of benzene rings is 1. The van der Waals surface area contributed by atoms with Crippen LogP contribution in [0.3, 0.4) is 0 Å². The quantitative estimate of drug-likeness (QED) is 0.830. The molecule has 5 nitrogen and oxygen atoms in total. The second kappa shape index (κ2) is 6.48. The molecule has 0 unspecified atom stereocenters. The summed E-state index contributed by atoms with van der Waals surface area (Å²) in [6, 6.07) is 7.78. The molecule has 118 valence electrons. The lowest BCUT2D eigenvalue weighted by molar-refractivity contribution is 0.0834. The monoisotopic (exact) mass is 300 g/mol. The Morgan fingerprint density at radius 3 is 2.41 bits per heavy atom. The Labute approximate surface area is 132 Å². The van der Waals surface area contributed by atoms with Crippen molar-refractivity contribution in [3.05, 3.63) is 35.4 Å². The van der Waals surface area contributed by atoms with Crippen molar-refractivity contribution in [3.8, 4) is 0 Å². The number of nitrogens with zero attached hydrogens (tertiary/aromatic N) is 4. The number of carbonyl (C=O) groups excluding carboxylic acids is 1. The summed E-state index contributed by atoms with van der Waals surface area (Å²) in [5.74, 6) is 0.926. The van der Waals surface area contributed by atoms with Crippen molar-refractivity contribution in [2.24, 2.45) is 4.99 Å². The third kappa shape index (κ3) is 2.99. The number of hydrogen-bond donors (Lipinski definition) is 0. The zero-order valence-corrected chi connectivity index (χ0v) is 13.5. The molecule has 0 radical (unpaired) electrons. The topological polar surface area (TPSA) is 39.1 Å². The van der Waals surface area contributed by atoms with Crippen LogP contribution in [0.4, 0.5) is 0 Å². The third-order valence-corrected chi connectivity index (χ3v) is 4.46. The zero-order valence-electron chi connectivity index (χ0n) is 13.5. The van der Waals surface area contributed by atoms with Crippen LogP contribution in [-0.4, -0.2) is 72.4 Å². The number of likely N-dealkylation sites (N-methyl/N-ethyl adjacent to an activating group) is 1. The molecule has 0 atom stereocenters. The summed E-state index contributed by atoms with van der Waals surface area (Å²) >= 11 is 0. The number of guanidine groups is 1. The van der Waals surface area contributed by atoms with E-state index in [-0.39, 0.29) is 5.91 Å². The molecule has 1 fully saturated rings. The van der Waals surface area contributed by atoms with Crippen LogP contribution in [0.2, 0.25) is 0 Å². The summed E-state index contributed by atoms with van der Waals surface area (Å²) in [5.41, 5.74) is 1.91. The summed E-state index contributed by atoms with van der Waals surface area (Å²) in [6.45, 7) is 10.7. The lowest BCUT2D eigenvalue weighted by atomic mass is 10.1. The van der Waals surface area contributed by atoms with Gasteiger partial charge < -0.3 is 9.80 Å². The maximum Gasteiger partial charge on any atom is 0.260 e. The number of hydrogen-bond acceptors (Lipinski definition) is 4. The van der Waals surface area contributed by atoms with Crippen LogP contribution in [0.1, 0.15) is 22.8 Å². The van der Waals surface area contributed by atoms with Crippen molar-refractivity contribution in [3.63, 3.8) is 0 Å². The predicted molar refractivity (Wildman–Crippen MR) is 88.2 cm³/mol. The smallest absolute Gasteiger partial charge is 0.260 e. The van der Waals surface area contributed by atoms with Crippen LogP contribution in [0, 0.1) is 6.92 Å². The first-order chi connectivity index (χ1) is 10.7. The van der Waals surface area contributed by atoms with Gasteiger partial charge in [0.05, 0.1) is 6.54 Å². The van der Waals surface area contributed by atoms with Crippen molar-refractivity contribution >= 4 is 11.9 Å². The first-order valence-electron chi connectivity index (χ1n) is 8.09. The van der Waals surface area contributed by atoms with E-state index in [9.17, 15) is 4.79 Å². The number of rotatable bonds is 2. The molecule has 1 aromatic carbocycles. The highest BCUT2D eigenvalue weighted by Crippen LogP contribution is 2.14. The second-order valence-corrected chi connectivity index (χ2v) is 5.93. The molecular weight excluding hydrogens is 276 g/mol. The van der Waals surface area contributed by atoms with Crippen molar-refractivity contribution < 1.29 is 4.79 Å². The van der Waals surface area contributed by atoms with Crippen molar-refractivity contribution in [2.45, 2.75) is 13.8 Å². The van der Waals surface area contributed by atoms with E-state index in [0.29, 0.717) is 13.1 Å². The van der Waals surface area contributed by atoms with E-state index in [1.54, 1.807) is 0 Å². The van der Waals surface area contributed by atoms with Gasteiger partial charge >= 0.3 is 0 Å². The Hall–Kier alpha value is -1.88. The zero-order chi connectivity index (χ0) is 15.5. The van der Waals surface area contributed by atoms with Crippen molar-refractivity contribution in [1.29, 1.82) is 0 Å². The largest absolute Gasteiger partial charge is 0.340 e. The SMILES string of the molecule is CCN1CCN(C2=NCCN2C(=O)c2ccc(C)cc2)CC1. The molecule has 0 N–H and O–H groups in total. The molecule has 0 bridgehead atoms. The fourth-order valence-corrected chi connectivity index (χ4v) is 3.01. The van der Waals surface area contributed by atoms with Crippen molar-refractivity contribution in [1.82, 2.24) is 14.7 Å². The number of amides is 1. The van der Waals surface area contributed by atoms with Gasteiger partial charge in [-0.05, 0) is 25.6 Å². The van der Waals surface area contributed by atoms with E-state index in [2.05, 4.69) is 21.7 Å². The Kier molecular flexibility index (Phi) is 4.43. The molecule has 0 spiro atoms. The van der Waals surface area contributed by atoms with E-state index in [1.165, 1.54) is 5.56 Å². The lowest BCUT2D eigenvalue weighted by Gasteiger charge is -2.37. The van der Waals surface area contributed by atoms with Gasteiger partial charge in [-0.25, -0.2) is 0 Å². The summed E-state index contributed by atoms with van der Waals surface area (Å²) in [7, 11) is 0. The second-order valence-electron chi connectivity index (χ2n) is 5.93.